The molecule has 0 amide bonds. The van der Waals surface area contributed by atoms with E-state index in [9.17, 15) is 14.9 Å². The van der Waals surface area contributed by atoms with E-state index in [1.165, 1.54) is 12.8 Å². The van der Waals surface area contributed by atoms with E-state index in [1.807, 2.05) is 12.1 Å². The first-order chi connectivity index (χ1) is 9.72. The summed E-state index contributed by atoms with van der Waals surface area (Å²) >= 11 is 0. The van der Waals surface area contributed by atoms with E-state index < -0.39 is 0 Å². The summed E-state index contributed by atoms with van der Waals surface area (Å²) in [6, 6.07) is 7.21. The molecule has 1 aliphatic rings. The number of carbonyl (C=O) groups excluding carboxylic acids is 1. The van der Waals surface area contributed by atoms with Crippen LogP contribution in [0.15, 0.2) is 24.3 Å². The Morgan fingerprint density at radius 2 is 2.05 bits per heavy atom. The van der Waals surface area contributed by atoms with Gasteiger partial charge in [0.05, 0.1) is 4.92 Å². The van der Waals surface area contributed by atoms with Crippen LogP contribution in [0.5, 0.6) is 0 Å². The van der Waals surface area contributed by atoms with E-state index in [1.54, 1.807) is 12.1 Å². The normalized spacial score (nSPS) is 19.7. The van der Waals surface area contributed by atoms with Crippen molar-refractivity contribution in [3.8, 4) is 0 Å². The monoisotopic (exact) mass is 276 g/mol. The van der Waals surface area contributed by atoms with Gasteiger partial charge in [0.15, 0.2) is 0 Å². The molecule has 2 rings (SSSR count). The number of unbranched alkanes of at least 4 members (excludes halogenated alkanes) is 1. The van der Waals surface area contributed by atoms with E-state index in [0.717, 1.165) is 37.8 Å². The Labute approximate surface area is 118 Å². The third-order valence-electron chi connectivity index (χ3n) is 3.87. The van der Waals surface area contributed by atoms with Crippen LogP contribution in [0.3, 0.4) is 0 Å². The highest BCUT2D eigenvalue weighted by molar-refractivity contribution is 5.49. The summed E-state index contributed by atoms with van der Waals surface area (Å²) in [5.74, 6) is 0. The van der Waals surface area contributed by atoms with Gasteiger partial charge in [0.2, 0.25) is 0 Å². The van der Waals surface area contributed by atoms with Crippen molar-refractivity contribution in [2.45, 2.75) is 38.1 Å². The zero-order valence-corrected chi connectivity index (χ0v) is 11.5. The zero-order chi connectivity index (χ0) is 14.4. The molecule has 1 aliphatic heterocycles. The standard InChI is InChI=1S/C15H20N2O3/c18-12-4-3-11-16-10-2-1-5-15(16)13-6-8-14(9-7-13)17(19)20/h6-9,12,15H,1-5,10-11H2. The molecule has 1 saturated heterocycles. The van der Waals surface area contributed by atoms with Crippen LogP contribution in [-0.4, -0.2) is 29.2 Å². The van der Waals surface area contributed by atoms with Crippen LogP contribution in [0.1, 0.15) is 43.7 Å². The first-order valence-corrected chi connectivity index (χ1v) is 7.14. The second-order valence-electron chi connectivity index (χ2n) is 5.21. The molecular formula is C15H20N2O3. The molecule has 0 spiro atoms. The fourth-order valence-electron chi connectivity index (χ4n) is 2.83. The lowest BCUT2D eigenvalue weighted by Crippen LogP contribution is -2.34. The van der Waals surface area contributed by atoms with E-state index >= 15 is 0 Å². The topological polar surface area (TPSA) is 63.5 Å². The van der Waals surface area contributed by atoms with Crippen LogP contribution in [0.2, 0.25) is 0 Å². The third-order valence-corrected chi connectivity index (χ3v) is 3.87. The van der Waals surface area contributed by atoms with Gasteiger partial charge < -0.3 is 4.79 Å². The van der Waals surface area contributed by atoms with Crippen molar-refractivity contribution in [2.24, 2.45) is 0 Å². The Morgan fingerprint density at radius 3 is 2.70 bits per heavy atom. The van der Waals surface area contributed by atoms with Crippen molar-refractivity contribution in [3.05, 3.63) is 39.9 Å². The summed E-state index contributed by atoms with van der Waals surface area (Å²) in [7, 11) is 0. The number of non-ortho nitro benzene ring substituents is 1. The van der Waals surface area contributed by atoms with Crippen molar-refractivity contribution in [2.75, 3.05) is 13.1 Å². The molecule has 1 aromatic carbocycles. The number of rotatable bonds is 6. The second kappa shape index (κ2) is 7.14. The molecule has 1 aromatic rings. The molecule has 1 unspecified atom stereocenters. The molecule has 0 aliphatic carbocycles. The molecule has 0 bridgehead atoms. The largest absolute Gasteiger partial charge is 0.303 e. The number of nitro groups is 1. The van der Waals surface area contributed by atoms with Crippen molar-refractivity contribution in [3.63, 3.8) is 0 Å². The maximum absolute atomic E-state index is 10.7. The highest BCUT2D eigenvalue weighted by Crippen LogP contribution is 2.31. The minimum Gasteiger partial charge on any atom is -0.303 e. The number of nitro benzene ring substituents is 1. The maximum atomic E-state index is 10.7. The average Bonchev–Trinajstić information content (AvgIpc) is 2.48. The van der Waals surface area contributed by atoms with Gasteiger partial charge >= 0.3 is 0 Å². The Balaban J connectivity index is 2.06. The van der Waals surface area contributed by atoms with Gasteiger partial charge in [0.1, 0.15) is 6.29 Å². The first kappa shape index (κ1) is 14.7. The summed E-state index contributed by atoms with van der Waals surface area (Å²) in [6.45, 7) is 1.96. The number of aldehydes is 1. The SMILES string of the molecule is O=CCCCN1CCCCC1c1ccc([N+](=O)[O-])cc1. The molecule has 1 fully saturated rings. The molecule has 0 aromatic heterocycles. The second-order valence-corrected chi connectivity index (χ2v) is 5.21. The third kappa shape index (κ3) is 3.63. The van der Waals surface area contributed by atoms with Gasteiger partial charge in [-0.3, -0.25) is 15.0 Å². The van der Waals surface area contributed by atoms with Crippen molar-refractivity contribution < 1.29 is 9.72 Å². The molecule has 0 N–H and O–H groups in total. The van der Waals surface area contributed by atoms with Crippen LogP contribution in [0.4, 0.5) is 5.69 Å². The smallest absolute Gasteiger partial charge is 0.269 e. The molecule has 5 nitrogen and oxygen atoms in total. The maximum Gasteiger partial charge on any atom is 0.269 e. The molecule has 108 valence electrons. The van der Waals surface area contributed by atoms with Crippen molar-refractivity contribution in [1.29, 1.82) is 0 Å². The highest BCUT2D eigenvalue weighted by Gasteiger charge is 2.23. The molecule has 0 radical (unpaired) electrons. The van der Waals surface area contributed by atoms with Crippen LogP contribution in [0.25, 0.3) is 0 Å². The minimum atomic E-state index is -0.369. The number of hydrogen-bond donors (Lipinski definition) is 0. The Morgan fingerprint density at radius 1 is 1.30 bits per heavy atom. The van der Waals surface area contributed by atoms with Crippen LogP contribution >= 0.6 is 0 Å². The molecule has 1 heterocycles. The number of carbonyl (C=O) groups is 1. The van der Waals surface area contributed by atoms with Gasteiger partial charge in [-0.15, -0.1) is 0 Å². The van der Waals surface area contributed by atoms with Gasteiger partial charge in [-0.05, 0) is 37.9 Å². The van der Waals surface area contributed by atoms with Gasteiger partial charge in [0.25, 0.3) is 5.69 Å². The minimum absolute atomic E-state index is 0.136. The van der Waals surface area contributed by atoms with Gasteiger partial charge in [0, 0.05) is 24.6 Å². The number of likely N-dealkylation sites (tertiary alicyclic amines) is 1. The average molecular weight is 276 g/mol. The van der Waals surface area contributed by atoms with Crippen LogP contribution in [0, 0.1) is 10.1 Å². The van der Waals surface area contributed by atoms with Gasteiger partial charge in [-0.25, -0.2) is 0 Å². The fraction of sp³-hybridized carbons (Fsp3) is 0.533. The summed E-state index contributed by atoms with van der Waals surface area (Å²) in [4.78, 5) is 23.1. The van der Waals surface area contributed by atoms with Gasteiger partial charge in [-0.1, -0.05) is 18.6 Å². The van der Waals surface area contributed by atoms with Crippen molar-refractivity contribution in [1.82, 2.24) is 4.90 Å². The molecule has 20 heavy (non-hydrogen) atoms. The predicted octanol–water partition coefficient (Wildman–Crippen LogP) is 3.10. The van der Waals surface area contributed by atoms with E-state index in [-0.39, 0.29) is 10.6 Å². The fourth-order valence-corrected chi connectivity index (χ4v) is 2.83. The van der Waals surface area contributed by atoms with Crippen LogP contribution < -0.4 is 0 Å². The Kier molecular flexibility index (Phi) is 5.24. The molecular weight excluding hydrogens is 256 g/mol. The highest BCUT2D eigenvalue weighted by atomic mass is 16.6. The summed E-state index contributed by atoms with van der Waals surface area (Å²) in [5, 5.41) is 10.7. The number of piperidine rings is 1. The molecule has 0 saturated carbocycles. The number of benzene rings is 1. The summed E-state index contributed by atoms with van der Waals surface area (Å²) < 4.78 is 0. The van der Waals surface area contributed by atoms with Gasteiger partial charge in [-0.2, -0.15) is 0 Å². The van der Waals surface area contributed by atoms with E-state index in [2.05, 4.69) is 4.90 Å². The number of hydrogen-bond acceptors (Lipinski definition) is 4. The Bertz CT molecular complexity index is 459. The summed E-state index contributed by atoms with van der Waals surface area (Å²) in [5.41, 5.74) is 1.28. The van der Waals surface area contributed by atoms with Crippen LogP contribution in [-0.2, 0) is 4.79 Å². The van der Waals surface area contributed by atoms with E-state index in [4.69, 9.17) is 0 Å². The van der Waals surface area contributed by atoms with Crippen molar-refractivity contribution >= 4 is 12.0 Å². The first-order valence-electron chi connectivity index (χ1n) is 7.14. The molecule has 5 heteroatoms. The quantitative estimate of drug-likeness (QED) is 0.346. The Hall–Kier alpha value is -1.75. The summed E-state index contributed by atoms with van der Waals surface area (Å²) in [6.07, 6.45) is 5.90. The number of nitrogens with zero attached hydrogens (tertiary/aromatic N) is 2. The zero-order valence-electron chi connectivity index (χ0n) is 11.5. The predicted molar refractivity (Wildman–Crippen MR) is 76.6 cm³/mol. The molecule has 1 atom stereocenters. The van der Waals surface area contributed by atoms with E-state index in [0.29, 0.717) is 12.5 Å². The lowest BCUT2D eigenvalue weighted by molar-refractivity contribution is -0.384. The lowest BCUT2D eigenvalue weighted by Gasteiger charge is -2.36. The lowest BCUT2D eigenvalue weighted by atomic mass is 9.95.